The number of ether oxygens (including phenoxy) is 2. The molecule has 2 saturated heterocycles. The molecule has 0 bridgehead atoms. The van der Waals surface area contributed by atoms with Gasteiger partial charge >= 0.3 is 0 Å². The summed E-state index contributed by atoms with van der Waals surface area (Å²) in [6.07, 6.45) is 2.05. The van der Waals surface area contributed by atoms with Crippen LogP contribution < -0.4 is 5.43 Å². The Labute approximate surface area is 161 Å². The smallest absolute Gasteiger partial charge is 0.278 e. The molecule has 2 aromatic rings. The maximum atomic E-state index is 14.2. The zero-order chi connectivity index (χ0) is 19.7. The maximum absolute atomic E-state index is 14.2. The molecule has 1 aromatic heterocycles. The number of carbonyl (C=O) groups excluding carboxylic acids is 1. The Balaban J connectivity index is 1.71. The van der Waals surface area contributed by atoms with Gasteiger partial charge in [0.25, 0.3) is 5.91 Å². The molecule has 4 rings (SSSR count). The number of aromatic nitrogens is 2. The quantitative estimate of drug-likeness (QED) is 0.806. The normalized spacial score (nSPS) is 20.5. The summed E-state index contributed by atoms with van der Waals surface area (Å²) in [7, 11) is 0. The second kappa shape index (κ2) is 7.81. The molecule has 2 aliphatic heterocycles. The third-order valence-corrected chi connectivity index (χ3v) is 5.16. The van der Waals surface area contributed by atoms with Gasteiger partial charge in [0.2, 0.25) is 5.43 Å². The summed E-state index contributed by atoms with van der Waals surface area (Å²) in [5.74, 6) is -0.956. The second-order valence-electron chi connectivity index (χ2n) is 7.03. The van der Waals surface area contributed by atoms with E-state index in [1.807, 2.05) is 0 Å². The Kier molecular flexibility index (Phi) is 5.23. The molecule has 0 spiro atoms. The summed E-state index contributed by atoms with van der Waals surface area (Å²) in [4.78, 5) is 27.4. The molecule has 0 radical (unpaired) electrons. The van der Waals surface area contributed by atoms with Gasteiger partial charge in [-0.15, -0.1) is 0 Å². The van der Waals surface area contributed by atoms with Crippen molar-refractivity contribution in [3.05, 3.63) is 57.8 Å². The van der Waals surface area contributed by atoms with E-state index in [0.717, 1.165) is 19.3 Å². The fourth-order valence-electron chi connectivity index (χ4n) is 3.79. The number of amides is 1. The maximum Gasteiger partial charge on any atom is 0.278 e. The number of rotatable bonds is 3. The molecule has 2 fully saturated rings. The summed E-state index contributed by atoms with van der Waals surface area (Å²) < 4.78 is 26.7. The molecule has 7 nitrogen and oxygen atoms in total. The highest BCUT2D eigenvalue weighted by atomic mass is 19.1. The van der Waals surface area contributed by atoms with Crippen LogP contribution >= 0.6 is 0 Å². The third kappa shape index (κ3) is 3.45. The van der Waals surface area contributed by atoms with Crippen LogP contribution in [-0.4, -0.2) is 52.7 Å². The van der Waals surface area contributed by atoms with Crippen molar-refractivity contribution in [3.63, 3.8) is 0 Å². The predicted octanol–water partition coefficient (Wildman–Crippen LogP) is 2.05. The van der Waals surface area contributed by atoms with Crippen LogP contribution in [0.5, 0.6) is 0 Å². The van der Waals surface area contributed by atoms with Gasteiger partial charge in [0, 0.05) is 18.3 Å². The summed E-state index contributed by atoms with van der Waals surface area (Å²) >= 11 is 0. The molecule has 1 unspecified atom stereocenters. The first-order valence-electron chi connectivity index (χ1n) is 9.46. The average molecular weight is 387 g/mol. The summed E-state index contributed by atoms with van der Waals surface area (Å²) in [5.41, 5.74) is -0.0672. The van der Waals surface area contributed by atoms with Crippen LogP contribution in [0, 0.1) is 12.7 Å². The summed E-state index contributed by atoms with van der Waals surface area (Å²) in [6, 6.07) is 7.17. The van der Waals surface area contributed by atoms with Crippen molar-refractivity contribution in [3.8, 4) is 5.69 Å². The van der Waals surface area contributed by atoms with Crippen LogP contribution in [-0.2, 0) is 9.47 Å². The van der Waals surface area contributed by atoms with Crippen molar-refractivity contribution in [2.45, 2.75) is 38.5 Å². The lowest BCUT2D eigenvalue weighted by atomic mass is 10.0. The molecule has 0 aliphatic carbocycles. The number of para-hydroxylation sites is 1. The topological polar surface area (TPSA) is 73.7 Å². The van der Waals surface area contributed by atoms with E-state index in [4.69, 9.17) is 9.47 Å². The molecule has 3 heterocycles. The molecule has 1 atom stereocenters. The molecule has 0 N–H and O–H groups in total. The van der Waals surface area contributed by atoms with E-state index in [-0.39, 0.29) is 17.4 Å². The van der Waals surface area contributed by atoms with Crippen LogP contribution in [0.4, 0.5) is 4.39 Å². The SMILES string of the molecule is Cc1cc(=O)c(C(=O)N2CCCCC2C2OCCO2)nn1-c1ccccc1F. The van der Waals surface area contributed by atoms with Gasteiger partial charge in [-0.2, -0.15) is 5.10 Å². The van der Waals surface area contributed by atoms with E-state index in [1.165, 1.54) is 16.8 Å². The van der Waals surface area contributed by atoms with E-state index >= 15 is 0 Å². The fourth-order valence-corrected chi connectivity index (χ4v) is 3.79. The minimum absolute atomic E-state index is 0.187. The molecule has 1 amide bonds. The Hall–Kier alpha value is -2.58. The predicted molar refractivity (Wildman–Crippen MR) is 98.9 cm³/mol. The molecule has 8 heteroatoms. The molecular weight excluding hydrogens is 365 g/mol. The van der Waals surface area contributed by atoms with Gasteiger partial charge in [-0.3, -0.25) is 9.59 Å². The zero-order valence-electron chi connectivity index (χ0n) is 15.6. The standard InChI is InChI=1S/C20H22FN3O4/c1-13-12-17(25)18(22-24(13)15-7-3-2-6-14(15)21)19(26)23-9-5-4-8-16(23)20-27-10-11-28-20/h2-3,6-7,12,16,20H,4-5,8-11H2,1H3. The van der Waals surface area contributed by atoms with Gasteiger partial charge < -0.3 is 14.4 Å². The molecule has 1 aromatic carbocycles. The van der Waals surface area contributed by atoms with Crippen molar-refractivity contribution in [2.75, 3.05) is 19.8 Å². The average Bonchev–Trinajstić information content (AvgIpc) is 3.23. The van der Waals surface area contributed by atoms with Crippen LogP contribution in [0.25, 0.3) is 5.69 Å². The summed E-state index contributed by atoms with van der Waals surface area (Å²) in [6.45, 7) is 3.14. The number of benzene rings is 1. The van der Waals surface area contributed by atoms with E-state index in [9.17, 15) is 14.0 Å². The van der Waals surface area contributed by atoms with Crippen LogP contribution in [0.15, 0.2) is 35.1 Å². The first-order valence-corrected chi connectivity index (χ1v) is 9.46. The number of nitrogens with zero attached hydrogens (tertiary/aromatic N) is 3. The van der Waals surface area contributed by atoms with Gasteiger partial charge in [-0.25, -0.2) is 9.07 Å². The van der Waals surface area contributed by atoms with Crippen LogP contribution in [0.2, 0.25) is 0 Å². The number of hydrogen-bond acceptors (Lipinski definition) is 5. The number of aryl methyl sites for hydroxylation is 1. The molecule has 2 aliphatic rings. The number of carbonyl (C=O) groups is 1. The summed E-state index contributed by atoms with van der Waals surface area (Å²) in [5, 5.41) is 4.23. The number of hydrogen-bond donors (Lipinski definition) is 0. The lowest BCUT2D eigenvalue weighted by Gasteiger charge is -2.37. The zero-order valence-corrected chi connectivity index (χ0v) is 15.6. The van der Waals surface area contributed by atoms with Crippen molar-refractivity contribution in [1.82, 2.24) is 14.7 Å². The van der Waals surface area contributed by atoms with Crippen molar-refractivity contribution in [2.24, 2.45) is 0 Å². The van der Waals surface area contributed by atoms with Gasteiger partial charge in [-0.05, 0) is 38.3 Å². The Bertz CT molecular complexity index is 939. The van der Waals surface area contributed by atoms with E-state index < -0.39 is 23.4 Å². The minimum Gasteiger partial charge on any atom is -0.348 e. The minimum atomic E-state index is -0.483. The highest BCUT2D eigenvalue weighted by Gasteiger charge is 2.37. The Morgan fingerprint density at radius 2 is 1.96 bits per heavy atom. The van der Waals surface area contributed by atoms with Crippen molar-refractivity contribution in [1.29, 1.82) is 0 Å². The molecule has 28 heavy (non-hydrogen) atoms. The molecular formula is C20H22FN3O4. The highest BCUT2D eigenvalue weighted by molar-refractivity contribution is 5.92. The Morgan fingerprint density at radius 3 is 2.71 bits per heavy atom. The lowest BCUT2D eigenvalue weighted by Crippen LogP contribution is -2.51. The van der Waals surface area contributed by atoms with E-state index in [0.29, 0.717) is 25.5 Å². The van der Waals surface area contributed by atoms with Gasteiger partial charge in [0.05, 0.1) is 19.3 Å². The molecule has 148 valence electrons. The van der Waals surface area contributed by atoms with Gasteiger partial charge in [-0.1, -0.05) is 12.1 Å². The van der Waals surface area contributed by atoms with E-state index in [1.54, 1.807) is 30.0 Å². The highest BCUT2D eigenvalue weighted by Crippen LogP contribution is 2.25. The number of likely N-dealkylation sites (tertiary alicyclic amines) is 1. The molecule has 0 saturated carbocycles. The van der Waals surface area contributed by atoms with Crippen molar-refractivity contribution < 1.29 is 18.7 Å². The van der Waals surface area contributed by atoms with Gasteiger partial charge in [0.15, 0.2) is 12.0 Å². The van der Waals surface area contributed by atoms with Gasteiger partial charge in [0.1, 0.15) is 11.5 Å². The largest absolute Gasteiger partial charge is 0.348 e. The monoisotopic (exact) mass is 387 g/mol. The number of piperidine rings is 1. The lowest BCUT2D eigenvalue weighted by molar-refractivity contribution is -0.100. The Morgan fingerprint density at radius 1 is 1.21 bits per heavy atom. The fraction of sp³-hybridized carbons (Fsp3) is 0.450. The van der Waals surface area contributed by atoms with Crippen LogP contribution in [0.3, 0.4) is 0 Å². The van der Waals surface area contributed by atoms with Crippen molar-refractivity contribution >= 4 is 5.91 Å². The second-order valence-corrected chi connectivity index (χ2v) is 7.03. The van der Waals surface area contributed by atoms with Crippen LogP contribution in [0.1, 0.15) is 35.4 Å². The number of halogens is 1. The van der Waals surface area contributed by atoms with E-state index in [2.05, 4.69) is 5.10 Å². The first kappa shape index (κ1) is 18.8. The first-order chi connectivity index (χ1) is 13.6. The third-order valence-electron chi connectivity index (χ3n) is 5.16.